The van der Waals surface area contributed by atoms with E-state index in [0.29, 0.717) is 18.5 Å². The Bertz CT molecular complexity index is 494. The van der Waals surface area contributed by atoms with Crippen molar-refractivity contribution in [3.63, 3.8) is 0 Å². The van der Waals surface area contributed by atoms with E-state index in [-0.39, 0.29) is 24.3 Å². The number of benzene rings is 1. The molecule has 0 bridgehead atoms. The molecule has 1 aliphatic carbocycles. The zero-order valence-electron chi connectivity index (χ0n) is 11.9. The fourth-order valence-electron chi connectivity index (χ4n) is 3.82. The largest absolute Gasteiger partial charge is 0.480 e. The van der Waals surface area contributed by atoms with Gasteiger partial charge in [-0.05, 0) is 42.9 Å². The van der Waals surface area contributed by atoms with Crippen LogP contribution in [0.5, 0.6) is 0 Å². The third-order valence-electron chi connectivity index (χ3n) is 4.78. The molecule has 3 unspecified atom stereocenters. The maximum atomic E-state index is 13.0. The normalized spacial score (nSPS) is 28.7. The van der Waals surface area contributed by atoms with Gasteiger partial charge in [0.2, 0.25) is 0 Å². The van der Waals surface area contributed by atoms with Gasteiger partial charge >= 0.3 is 5.97 Å². The average molecular weight is 314 g/mol. The number of rotatable bonds is 3. The number of carbonyl (C=O) groups is 1. The Balaban J connectivity index is 0.00000161. The lowest BCUT2D eigenvalue weighted by atomic mass is 9.84. The fourth-order valence-corrected chi connectivity index (χ4v) is 3.82. The van der Waals surface area contributed by atoms with Crippen molar-refractivity contribution >= 4 is 18.4 Å². The van der Waals surface area contributed by atoms with Gasteiger partial charge in [-0.3, -0.25) is 9.69 Å². The quantitative estimate of drug-likeness (QED) is 0.929. The monoisotopic (exact) mass is 313 g/mol. The molecule has 21 heavy (non-hydrogen) atoms. The van der Waals surface area contributed by atoms with E-state index >= 15 is 0 Å². The highest BCUT2D eigenvalue weighted by atomic mass is 35.5. The molecule has 0 aromatic heterocycles. The van der Waals surface area contributed by atoms with E-state index in [1.165, 1.54) is 25.0 Å². The molecule has 3 rings (SSSR count). The predicted molar refractivity (Wildman–Crippen MR) is 81.0 cm³/mol. The number of likely N-dealkylation sites (tertiary alicyclic amines) is 1. The molecule has 1 N–H and O–H groups in total. The SMILES string of the molecule is Cl.O=C(O)C1CC2CCCCC2N1Cc1ccc(F)cc1. The molecule has 1 aliphatic heterocycles. The molecule has 116 valence electrons. The van der Waals surface area contributed by atoms with E-state index in [4.69, 9.17) is 0 Å². The van der Waals surface area contributed by atoms with Gasteiger partial charge in [-0.15, -0.1) is 12.4 Å². The minimum absolute atomic E-state index is 0. The molecule has 1 aromatic carbocycles. The van der Waals surface area contributed by atoms with Gasteiger partial charge in [0, 0.05) is 12.6 Å². The molecule has 1 saturated carbocycles. The number of fused-ring (bicyclic) bond motifs is 1. The summed E-state index contributed by atoms with van der Waals surface area (Å²) in [7, 11) is 0. The lowest BCUT2D eigenvalue weighted by Gasteiger charge is -2.33. The number of nitrogens with zero attached hydrogens (tertiary/aromatic N) is 1. The highest BCUT2D eigenvalue weighted by Gasteiger charge is 2.44. The zero-order chi connectivity index (χ0) is 14.1. The van der Waals surface area contributed by atoms with Crippen LogP contribution in [0, 0.1) is 11.7 Å². The Hall–Kier alpha value is -1.13. The highest BCUT2D eigenvalue weighted by molar-refractivity contribution is 5.85. The number of hydrogen-bond acceptors (Lipinski definition) is 2. The molecule has 1 saturated heterocycles. The minimum atomic E-state index is -0.721. The third kappa shape index (κ3) is 3.38. The van der Waals surface area contributed by atoms with Gasteiger partial charge in [-0.25, -0.2) is 4.39 Å². The van der Waals surface area contributed by atoms with Crippen molar-refractivity contribution in [2.45, 2.75) is 50.7 Å². The molecule has 0 amide bonds. The summed E-state index contributed by atoms with van der Waals surface area (Å²) in [5, 5.41) is 9.45. The maximum absolute atomic E-state index is 13.0. The fraction of sp³-hybridized carbons (Fsp3) is 0.562. The van der Waals surface area contributed by atoms with E-state index in [9.17, 15) is 14.3 Å². The van der Waals surface area contributed by atoms with E-state index in [1.54, 1.807) is 12.1 Å². The summed E-state index contributed by atoms with van der Waals surface area (Å²) in [5.74, 6) is -0.452. The van der Waals surface area contributed by atoms with Crippen molar-refractivity contribution in [1.82, 2.24) is 4.90 Å². The molecule has 3 nitrogen and oxygen atoms in total. The second-order valence-electron chi connectivity index (χ2n) is 6.00. The summed E-state index contributed by atoms with van der Waals surface area (Å²) in [5.41, 5.74) is 0.990. The van der Waals surface area contributed by atoms with Crippen LogP contribution in [0.1, 0.15) is 37.7 Å². The van der Waals surface area contributed by atoms with Crippen LogP contribution in [0.25, 0.3) is 0 Å². The van der Waals surface area contributed by atoms with Crippen LogP contribution in [0.15, 0.2) is 24.3 Å². The maximum Gasteiger partial charge on any atom is 0.320 e. The molecule has 1 aromatic rings. The highest BCUT2D eigenvalue weighted by Crippen LogP contribution is 2.40. The van der Waals surface area contributed by atoms with Crippen LogP contribution in [-0.2, 0) is 11.3 Å². The lowest BCUT2D eigenvalue weighted by molar-refractivity contribution is -0.142. The summed E-state index contributed by atoms with van der Waals surface area (Å²) in [6, 6.07) is 6.40. The Morgan fingerprint density at radius 1 is 1.24 bits per heavy atom. The Labute approximate surface area is 130 Å². The first-order valence-corrected chi connectivity index (χ1v) is 7.38. The van der Waals surface area contributed by atoms with Gasteiger partial charge < -0.3 is 5.11 Å². The van der Waals surface area contributed by atoms with Gasteiger partial charge in [0.1, 0.15) is 11.9 Å². The summed E-state index contributed by atoms with van der Waals surface area (Å²) in [4.78, 5) is 13.6. The van der Waals surface area contributed by atoms with Crippen LogP contribution in [0.2, 0.25) is 0 Å². The van der Waals surface area contributed by atoms with E-state index in [2.05, 4.69) is 4.90 Å². The first-order chi connectivity index (χ1) is 9.65. The standard InChI is InChI=1S/C16H20FNO2.ClH/c17-13-7-5-11(6-8-13)10-18-14-4-2-1-3-12(14)9-15(18)16(19)20;/h5-8,12,14-15H,1-4,9-10H2,(H,19,20);1H. The van der Waals surface area contributed by atoms with Crippen molar-refractivity contribution in [3.8, 4) is 0 Å². The number of aliphatic carboxylic acids is 1. The van der Waals surface area contributed by atoms with Crippen molar-refractivity contribution in [2.24, 2.45) is 5.92 Å². The van der Waals surface area contributed by atoms with Crippen LogP contribution in [0.4, 0.5) is 4.39 Å². The second kappa shape index (κ2) is 6.75. The molecule has 3 atom stereocenters. The molecular weight excluding hydrogens is 293 g/mol. The van der Waals surface area contributed by atoms with Crippen molar-refractivity contribution in [1.29, 1.82) is 0 Å². The molecule has 0 spiro atoms. The first kappa shape index (κ1) is 16.2. The number of carboxylic acids is 1. The van der Waals surface area contributed by atoms with Gasteiger partial charge in [0.25, 0.3) is 0 Å². The number of halogens is 2. The van der Waals surface area contributed by atoms with Gasteiger partial charge in [-0.1, -0.05) is 25.0 Å². The summed E-state index contributed by atoms with van der Waals surface area (Å²) >= 11 is 0. The van der Waals surface area contributed by atoms with Gasteiger partial charge in [-0.2, -0.15) is 0 Å². The first-order valence-electron chi connectivity index (χ1n) is 7.38. The van der Waals surface area contributed by atoms with Crippen molar-refractivity contribution in [3.05, 3.63) is 35.6 Å². The van der Waals surface area contributed by atoms with Crippen LogP contribution in [0.3, 0.4) is 0 Å². The summed E-state index contributed by atoms with van der Waals surface area (Å²) in [6.45, 7) is 0.610. The van der Waals surface area contributed by atoms with Gasteiger partial charge in [0.15, 0.2) is 0 Å². The predicted octanol–water partition coefficient (Wildman–Crippen LogP) is 3.47. The van der Waals surface area contributed by atoms with Crippen LogP contribution < -0.4 is 0 Å². The second-order valence-corrected chi connectivity index (χ2v) is 6.00. The smallest absolute Gasteiger partial charge is 0.320 e. The molecule has 2 fully saturated rings. The molecule has 5 heteroatoms. The van der Waals surface area contributed by atoms with Crippen molar-refractivity contribution < 1.29 is 14.3 Å². The molecular formula is C16H21ClFNO2. The Morgan fingerprint density at radius 3 is 2.57 bits per heavy atom. The molecule has 2 aliphatic rings. The Kier molecular flexibility index (Phi) is 5.22. The number of carboxylic acid groups (broad SMARTS) is 1. The van der Waals surface area contributed by atoms with E-state index in [0.717, 1.165) is 24.8 Å². The van der Waals surface area contributed by atoms with Crippen LogP contribution >= 0.6 is 12.4 Å². The zero-order valence-corrected chi connectivity index (χ0v) is 12.7. The number of hydrogen-bond donors (Lipinski definition) is 1. The molecule has 0 radical (unpaired) electrons. The lowest BCUT2D eigenvalue weighted by Crippen LogP contribution is -2.41. The summed E-state index contributed by atoms with van der Waals surface area (Å²) < 4.78 is 13.0. The van der Waals surface area contributed by atoms with E-state index in [1.807, 2.05) is 0 Å². The average Bonchev–Trinajstić information content (AvgIpc) is 2.81. The van der Waals surface area contributed by atoms with Crippen molar-refractivity contribution in [2.75, 3.05) is 0 Å². The topological polar surface area (TPSA) is 40.5 Å². The minimum Gasteiger partial charge on any atom is -0.480 e. The summed E-state index contributed by atoms with van der Waals surface area (Å²) in [6.07, 6.45) is 5.41. The Morgan fingerprint density at radius 2 is 1.90 bits per heavy atom. The third-order valence-corrected chi connectivity index (χ3v) is 4.78. The van der Waals surface area contributed by atoms with E-state index < -0.39 is 5.97 Å². The van der Waals surface area contributed by atoms with Crippen LogP contribution in [-0.4, -0.2) is 28.1 Å². The van der Waals surface area contributed by atoms with Gasteiger partial charge in [0.05, 0.1) is 0 Å². The molecule has 1 heterocycles.